The first-order valence-corrected chi connectivity index (χ1v) is 5.50. The van der Waals surface area contributed by atoms with Crippen LogP contribution in [0.3, 0.4) is 0 Å². The first-order valence-electron chi connectivity index (χ1n) is 5.50. The SMILES string of the molecule is COc1cc(C)c(-c2c(N)n[nH]c2C)cc1C. The second-order valence-electron chi connectivity index (χ2n) is 4.25. The number of ether oxygens (including phenoxy) is 1. The number of H-pyrrole nitrogens is 1. The molecule has 1 aromatic carbocycles. The van der Waals surface area contributed by atoms with Crippen LogP contribution >= 0.6 is 0 Å². The molecule has 0 saturated carbocycles. The highest BCUT2D eigenvalue weighted by atomic mass is 16.5. The standard InChI is InChI=1S/C13H17N3O/c1-7-6-11(17-4)8(2)5-10(7)12-9(3)15-16-13(12)14/h5-6H,1-4H3,(H3,14,15,16). The fourth-order valence-electron chi connectivity index (χ4n) is 2.07. The number of nitrogens with zero attached hydrogens (tertiary/aromatic N) is 1. The van der Waals surface area contributed by atoms with E-state index in [-0.39, 0.29) is 0 Å². The maximum Gasteiger partial charge on any atom is 0.153 e. The highest BCUT2D eigenvalue weighted by Crippen LogP contribution is 2.34. The topological polar surface area (TPSA) is 63.9 Å². The van der Waals surface area contributed by atoms with Crippen LogP contribution in [0.1, 0.15) is 16.8 Å². The minimum atomic E-state index is 0.537. The van der Waals surface area contributed by atoms with E-state index >= 15 is 0 Å². The highest BCUT2D eigenvalue weighted by Gasteiger charge is 2.14. The van der Waals surface area contributed by atoms with Crippen LogP contribution in [0, 0.1) is 20.8 Å². The molecular formula is C13H17N3O. The second-order valence-corrected chi connectivity index (χ2v) is 4.25. The summed E-state index contributed by atoms with van der Waals surface area (Å²) in [4.78, 5) is 0. The quantitative estimate of drug-likeness (QED) is 0.835. The van der Waals surface area contributed by atoms with E-state index in [2.05, 4.69) is 16.3 Å². The summed E-state index contributed by atoms with van der Waals surface area (Å²) in [6, 6.07) is 4.11. The zero-order valence-electron chi connectivity index (χ0n) is 10.6. The Morgan fingerprint density at radius 2 is 1.88 bits per heavy atom. The van der Waals surface area contributed by atoms with Crippen molar-refractivity contribution in [2.24, 2.45) is 0 Å². The van der Waals surface area contributed by atoms with Crippen molar-refractivity contribution in [3.8, 4) is 16.9 Å². The zero-order valence-corrected chi connectivity index (χ0v) is 10.6. The molecule has 2 aromatic rings. The molecule has 0 aliphatic rings. The van der Waals surface area contributed by atoms with Gasteiger partial charge < -0.3 is 10.5 Å². The largest absolute Gasteiger partial charge is 0.496 e. The molecule has 0 amide bonds. The molecule has 2 rings (SSSR count). The van der Waals surface area contributed by atoms with Crippen molar-refractivity contribution in [2.75, 3.05) is 12.8 Å². The summed E-state index contributed by atoms with van der Waals surface area (Å²) in [7, 11) is 1.68. The first kappa shape index (κ1) is 11.5. The molecule has 4 nitrogen and oxygen atoms in total. The van der Waals surface area contributed by atoms with E-state index in [9.17, 15) is 0 Å². The molecule has 0 bridgehead atoms. The third-order valence-corrected chi connectivity index (χ3v) is 2.99. The van der Waals surface area contributed by atoms with Crippen LogP contribution in [0.25, 0.3) is 11.1 Å². The number of hydrogen-bond donors (Lipinski definition) is 2. The Kier molecular flexibility index (Phi) is 2.79. The van der Waals surface area contributed by atoms with E-state index in [1.54, 1.807) is 7.11 Å². The van der Waals surface area contributed by atoms with Crippen LogP contribution < -0.4 is 10.5 Å². The van der Waals surface area contributed by atoms with Crippen molar-refractivity contribution in [1.82, 2.24) is 10.2 Å². The lowest BCUT2D eigenvalue weighted by atomic mass is 9.97. The molecule has 4 heteroatoms. The van der Waals surface area contributed by atoms with E-state index in [0.29, 0.717) is 5.82 Å². The Bertz CT molecular complexity index is 539. The third-order valence-electron chi connectivity index (χ3n) is 2.99. The van der Waals surface area contributed by atoms with Crippen LogP contribution in [0.2, 0.25) is 0 Å². The van der Waals surface area contributed by atoms with Gasteiger partial charge in [0.15, 0.2) is 5.82 Å². The van der Waals surface area contributed by atoms with Gasteiger partial charge in [0.05, 0.1) is 7.11 Å². The molecule has 0 saturated heterocycles. The molecule has 0 atom stereocenters. The Balaban J connectivity index is 2.65. The van der Waals surface area contributed by atoms with Crippen molar-refractivity contribution < 1.29 is 4.74 Å². The molecule has 1 heterocycles. The average molecular weight is 231 g/mol. The van der Waals surface area contributed by atoms with Crippen molar-refractivity contribution in [3.63, 3.8) is 0 Å². The molecular weight excluding hydrogens is 214 g/mol. The number of nitrogens with one attached hydrogen (secondary N) is 1. The van der Waals surface area contributed by atoms with Gasteiger partial charge in [0.2, 0.25) is 0 Å². The highest BCUT2D eigenvalue weighted by molar-refractivity contribution is 5.79. The number of nitrogen functional groups attached to an aromatic ring is 1. The number of aryl methyl sites for hydroxylation is 3. The summed E-state index contributed by atoms with van der Waals surface area (Å²) in [5.41, 5.74) is 11.2. The summed E-state index contributed by atoms with van der Waals surface area (Å²) < 4.78 is 5.30. The lowest BCUT2D eigenvalue weighted by Gasteiger charge is -2.11. The van der Waals surface area contributed by atoms with Crippen LogP contribution in [0.15, 0.2) is 12.1 Å². The fraction of sp³-hybridized carbons (Fsp3) is 0.308. The Labute approximate surface area is 101 Å². The smallest absolute Gasteiger partial charge is 0.153 e. The molecule has 90 valence electrons. The molecule has 0 aliphatic heterocycles. The molecule has 0 spiro atoms. The maximum atomic E-state index is 5.89. The van der Waals surface area contributed by atoms with Gasteiger partial charge in [0, 0.05) is 11.3 Å². The van der Waals surface area contributed by atoms with Crippen LogP contribution in [0.5, 0.6) is 5.75 Å². The average Bonchev–Trinajstić information content (AvgIpc) is 2.62. The van der Waals surface area contributed by atoms with Gasteiger partial charge in [0.1, 0.15) is 5.75 Å². The summed E-state index contributed by atoms with van der Waals surface area (Å²) >= 11 is 0. The summed E-state index contributed by atoms with van der Waals surface area (Å²) in [6.07, 6.45) is 0. The van der Waals surface area contributed by atoms with Crippen LogP contribution in [-0.4, -0.2) is 17.3 Å². The minimum absolute atomic E-state index is 0.537. The molecule has 17 heavy (non-hydrogen) atoms. The number of aromatic amines is 1. The van der Waals surface area contributed by atoms with Crippen molar-refractivity contribution in [1.29, 1.82) is 0 Å². The van der Waals surface area contributed by atoms with Gasteiger partial charge in [-0.1, -0.05) is 0 Å². The second kappa shape index (κ2) is 4.13. The molecule has 3 N–H and O–H groups in total. The van der Waals surface area contributed by atoms with Gasteiger partial charge >= 0.3 is 0 Å². The maximum absolute atomic E-state index is 5.89. The predicted molar refractivity (Wildman–Crippen MR) is 69.2 cm³/mol. The van der Waals surface area contributed by atoms with Crippen LogP contribution in [-0.2, 0) is 0 Å². The van der Waals surface area contributed by atoms with Gasteiger partial charge in [-0.2, -0.15) is 5.10 Å². The van der Waals surface area contributed by atoms with Gasteiger partial charge in [-0.25, -0.2) is 0 Å². The van der Waals surface area contributed by atoms with Crippen molar-refractivity contribution >= 4 is 5.82 Å². The number of benzene rings is 1. The number of anilines is 1. The van der Waals surface area contributed by atoms with Crippen LogP contribution in [0.4, 0.5) is 5.82 Å². The Hall–Kier alpha value is -1.97. The summed E-state index contributed by atoms with van der Waals surface area (Å²) in [6.45, 7) is 6.04. The number of rotatable bonds is 2. The normalized spacial score (nSPS) is 10.6. The van der Waals surface area contributed by atoms with Gasteiger partial charge in [-0.3, -0.25) is 5.10 Å². The monoisotopic (exact) mass is 231 g/mol. The fourth-order valence-corrected chi connectivity index (χ4v) is 2.07. The first-order chi connectivity index (χ1) is 8.04. The Morgan fingerprint density at radius 3 is 2.41 bits per heavy atom. The summed E-state index contributed by atoms with van der Waals surface area (Å²) in [5, 5.41) is 6.93. The molecule has 1 aromatic heterocycles. The van der Waals surface area contributed by atoms with Crippen molar-refractivity contribution in [3.05, 3.63) is 29.0 Å². The predicted octanol–water partition coefficient (Wildman–Crippen LogP) is 2.59. The summed E-state index contributed by atoms with van der Waals surface area (Å²) in [5.74, 6) is 1.43. The van der Waals surface area contributed by atoms with E-state index < -0.39 is 0 Å². The number of methoxy groups -OCH3 is 1. The number of hydrogen-bond acceptors (Lipinski definition) is 3. The molecule has 0 fully saturated rings. The number of nitrogens with two attached hydrogens (primary N) is 1. The lowest BCUT2D eigenvalue weighted by Crippen LogP contribution is -1.94. The van der Waals surface area contributed by atoms with Crippen molar-refractivity contribution in [2.45, 2.75) is 20.8 Å². The molecule has 0 unspecified atom stereocenters. The van der Waals surface area contributed by atoms with E-state index in [1.807, 2.05) is 26.8 Å². The molecule has 0 aliphatic carbocycles. The van der Waals surface area contributed by atoms with E-state index in [1.165, 1.54) is 0 Å². The van der Waals surface area contributed by atoms with Gasteiger partial charge in [0.25, 0.3) is 0 Å². The Morgan fingerprint density at radius 1 is 1.18 bits per heavy atom. The van der Waals surface area contributed by atoms with Gasteiger partial charge in [-0.15, -0.1) is 0 Å². The molecule has 0 radical (unpaired) electrons. The van der Waals surface area contributed by atoms with E-state index in [4.69, 9.17) is 10.5 Å². The lowest BCUT2D eigenvalue weighted by molar-refractivity contribution is 0.411. The van der Waals surface area contributed by atoms with E-state index in [0.717, 1.165) is 33.7 Å². The third kappa shape index (κ3) is 1.86. The van der Waals surface area contributed by atoms with Gasteiger partial charge in [-0.05, 0) is 49.6 Å². The number of aromatic nitrogens is 2. The zero-order chi connectivity index (χ0) is 12.6. The minimum Gasteiger partial charge on any atom is -0.496 e.